The zero-order chi connectivity index (χ0) is 13.3. The molecule has 0 radical (unpaired) electrons. The Morgan fingerprint density at radius 1 is 1.26 bits per heavy atom. The van der Waals surface area contributed by atoms with Crippen LogP contribution in [-0.2, 0) is 11.2 Å². The van der Waals surface area contributed by atoms with E-state index in [-0.39, 0.29) is 11.3 Å². The van der Waals surface area contributed by atoms with Crippen LogP contribution >= 0.6 is 0 Å². The largest absolute Gasteiger partial charge is 0.384 e. The standard InChI is InChI=1S/C16H22N2O/c1-16(8-3-2-4-9-16)15(19)18-13-5-6-14-12(11-13)7-10-17-14/h5-6,11,17H,2-4,7-10H2,1H3,(H,18,19). The maximum atomic E-state index is 12.5. The highest BCUT2D eigenvalue weighted by Gasteiger charge is 2.34. The molecule has 1 heterocycles. The van der Waals surface area contributed by atoms with Gasteiger partial charge in [-0.15, -0.1) is 0 Å². The third-order valence-electron chi connectivity index (χ3n) is 4.58. The summed E-state index contributed by atoms with van der Waals surface area (Å²) in [5.74, 6) is 0.193. The molecule has 1 aromatic carbocycles. The van der Waals surface area contributed by atoms with Gasteiger partial charge in [0.25, 0.3) is 0 Å². The molecule has 3 rings (SSSR count). The summed E-state index contributed by atoms with van der Waals surface area (Å²) in [7, 11) is 0. The van der Waals surface area contributed by atoms with Crippen LogP contribution in [0.25, 0.3) is 0 Å². The van der Waals surface area contributed by atoms with Crippen molar-refractivity contribution in [1.82, 2.24) is 0 Å². The maximum Gasteiger partial charge on any atom is 0.230 e. The van der Waals surface area contributed by atoms with Crippen LogP contribution in [0, 0.1) is 5.41 Å². The van der Waals surface area contributed by atoms with Gasteiger partial charge in [-0.05, 0) is 43.0 Å². The van der Waals surface area contributed by atoms with Crippen molar-refractivity contribution >= 4 is 17.3 Å². The van der Waals surface area contributed by atoms with Crippen LogP contribution < -0.4 is 10.6 Å². The van der Waals surface area contributed by atoms with Crippen LogP contribution in [-0.4, -0.2) is 12.5 Å². The van der Waals surface area contributed by atoms with Crippen LogP contribution in [0.15, 0.2) is 18.2 Å². The summed E-state index contributed by atoms with van der Waals surface area (Å²) >= 11 is 0. The predicted molar refractivity (Wildman–Crippen MR) is 78.5 cm³/mol. The molecule has 19 heavy (non-hydrogen) atoms. The summed E-state index contributed by atoms with van der Waals surface area (Å²) in [5.41, 5.74) is 3.29. The topological polar surface area (TPSA) is 41.1 Å². The van der Waals surface area contributed by atoms with E-state index >= 15 is 0 Å². The lowest BCUT2D eigenvalue weighted by atomic mass is 9.75. The average molecular weight is 258 g/mol. The Morgan fingerprint density at radius 3 is 2.84 bits per heavy atom. The highest BCUT2D eigenvalue weighted by Crippen LogP contribution is 2.37. The van der Waals surface area contributed by atoms with Gasteiger partial charge in [-0.25, -0.2) is 0 Å². The molecule has 1 aliphatic carbocycles. The number of fused-ring (bicyclic) bond motifs is 1. The first-order chi connectivity index (χ1) is 9.17. The Bertz CT molecular complexity index is 490. The molecule has 102 valence electrons. The SMILES string of the molecule is CC1(C(=O)Nc2ccc3c(c2)CCN3)CCCCC1. The molecule has 0 atom stereocenters. The van der Waals surface area contributed by atoms with Gasteiger partial charge in [-0.1, -0.05) is 26.2 Å². The molecule has 0 aromatic heterocycles. The number of carbonyl (C=O) groups is 1. The van der Waals surface area contributed by atoms with Crippen LogP contribution in [0.5, 0.6) is 0 Å². The number of nitrogens with one attached hydrogen (secondary N) is 2. The van der Waals surface area contributed by atoms with Gasteiger partial charge in [-0.3, -0.25) is 4.79 Å². The number of benzene rings is 1. The molecule has 0 spiro atoms. The molecule has 1 fully saturated rings. The Kier molecular flexibility index (Phi) is 3.21. The normalized spacial score (nSPS) is 20.5. The molecule has 3 nitrogen and oxygen atoms in total. The number of hydrogen-bond acceptors (Lipinski definition) is 2. The lowest BCUT2D eigenvalue weighted by molar-refractivity contribution is -0.126. The van der Waals surface area contributed by atoms with Crippen LogP contribution in [0.1, 0.15) is 44.6 Å². The van der Waals surface area contributed by atoms with Gasteiger partial charge in [0.2, 0.25) is 5.91 Å². The fraction of sp³-hybridized carbons (Fsp3) is 0.562. The number of amides is 1. The van der Waals surface area contributed by atoms with E-state index in [0.29, 0.717) is 0 Å². The Labute approximate surface area is 114 Å². The summed E-state index contributed by atoms with van der Waals surface area (Å²) in [4.78, 5) is 12.5. The van der Waals surface area contributed by atoms with E-state index in [1.165, 1.54) is 30.5 Å². The van der Waals surface area contributed by atoms with Crippen molar-refractivity contribution in [3.05, 3.63) is 23.8 Å². The number of carbonyl (C=O) groups excluding carboxylic acids is 1. The van der Waals surface area contributed by atoms with Gasteiger partial charge in [-0.2, -0.15) is 0 Å². The zero-order valence-electron chi connectivity index (χ0n) is 11.6. The second kappa shape index (κ2) is 4.87. The average Bonchev–Trinajstić information content (AvgIpc) is 2.87. The summed E-state index contributed by atoms with van der Waals surface area (Å²) in [5, 5.41) is 6.45. The molecule has 1 aromatic rings. The highest BCUT2D eigenvalue weighted by molar-refractivity contribution is 5.95. The van der Waals surface area contributed by atoms with Gasteiger partial charge in [0.1, 0.15) is 0 Å². The molecule has 2 N–H and O–H groups in total. The minimum absolute atomic E-state index is 0.171. The van der Waals surface area contributed by atoms with E-state index in [1.54, 1.807) is 0 Å². The number of rotatable bonds is 2. The van der Waals surface area contributed by atoms with Crippen molar-refractivity contribution in [2.24, 2.45) is 5.41 Å². The van der Waals surface area contributed by atoms with Crippen molar-refractivity contribution in [2.45, 2.75) is 45.4 Å². The molecule has 0 saturated heterocycles. The Balaban J connectivity index is 1.72. The van der Waals surface area contributed by atoms with Crippen LogP contribution in [0.3, 0.4) is 0 Å². The fourth-order valence-corrected chi connectivity index (χ4v) is 3.22. The summed E-state index contributed by atoms with van der Waals surface area (Å²) < 4.78 is 0. The monoisotopic (exact) mass is 258 g/mol. The van der Waals surface area contributed by atoms with E-state index in [9.17, 15) is 4.79 Å². The van der Waals surface area contributed by atoms with Crippen LogP contribution in [0.2, 0.25) is 0 Å². The third-order valence-corrected chi connectivity index (χ3v) is 4.58. The lowest BCUT2D eigenvalue weighted by Crippen LogP contribution is -2.35. The van der Waals surface area contributed by atoms with Gasteiger partial charge >= 0.3 is 0 Å². The summed E-state index contributed by atoms with van der Waals surface area (Å²) in [6.45, 7) is 3.11. The van der Waals surface area contributed by atoms with Crippen molar-refractivity contribution in [3.8, 4) is 0 Å². The Hall–Kier alpha value is -1.51. The van der Waals surface area contributed by atoms with E-state index in [4.69, 9.17) is 0 Å². The minimum atomic E-state index is -0.171. The van der Waals surface area contributed by atoms with Crippen molar-refractivity contribution in [1.29, 1.82) is 0 Å². The van der Waals surface area contributed by atoms with E-state index < -0.39 is 0 Å². The molecular weight excluding hydrogens is 236 g/mol. The minimum Gasteiger partial charge on any atom is -0.384 e. The molecule has 1 amide bonds. The van der Waals surface area contributed by atoms with Gasteiger partial charge in [0.05, 0.1) is 0 Å². The van der Waals surface area contributed by atoms with Crippen molar-refractivity contribution < 1.29 is 4.79 Å². The van der Waals surface area contributed by atoms with E-state index in [1.807, 2.05) is 6.07 Å². The molecular formula is C16H22N2O. The van der Waals surface area contributed by atoms with Gasteiger partial charge in [0, 0.05) is 23.3 Å². The first-order valence-electron chi connectivity index (χ1n) is 7.36. The summed E-state index contributed by atoms with van der Waals surface area (Å²) in [6, 6.07) is 6.18. The maximum absolute atomic E-state index is 12.5. The van der Waals surface area contributed by atoms with Gasteiger partial charge < -0.3 is 10.6 Å². The fourth-order valence-electron chi connectivity index (χ4n) is 3.22. The van der Waals surface area contributed by atoms with Crippen LogP contribution in [0.4, 0.5) is 11.4 Å². The molecule has 0 bridgehead atoms. The first-order valence-corrected chi connectivity index (χ1v) is 7.36. The second-order valence-corrected chi connectivity index (χ2v) is 6.12. The third kappa shape index (κ3) is 2.46. The molecule has 1 aliphatic heterocycles. The summed E-state index contributed by atoms with van der Waals surface area (Å²) in [6.07, 6.45) is 6.72. The Morgan fingerprint density at radius 2 is 2.05 bits per heavy atom. The zero-order valence-corrected chi connectivity index (χ0v) is 11.6. The van der Waals surface area contributed by atoms with E-state index in [0.717, 1.165) is 31.5 Å². The highest BCUT2D eigenvalue weighted by atomic mass is 16.2. The smallest absolute Gasteiger partial charge is 0.230 e. The van der Waals surface area contributed by atoms with Crippen molar-refractivity contribution in [2.75, 3.05) is 17.2 Å². The molecule has 1 saturated carbocycles. The lowest BCUT2D eigenvalue weighted by Gasteiger charge is -2.32. The van der Waals surface area contributed by atoms with Gasteiger partial charge in [0.15, 0.2) is 0 Å². The quantitative estimate of drug-likeness (QED) is 0.851. The van der Waals surface area contributed by atoms with E-state index in [2.05, 4.69) is 29.7 Å². The number of hydrogen-bond donors (Lipinski definition) is 2. The molecule has 3 heteroatoms. The second-order valence-electron chi connectivity index (χ2n) is 6.12. The predicted octanol–water partition coefficient (Wildman–Crippen LogP) is 3.56. The van der Waals surface area contributed by atoms with Crippen molar-refractivity contribution in [3.63, 3.8) is 0 Å². The first kappa shape index (κ1) is 12.5. The molecule has 2 aliphatic rings. The number of anilines is 2. The molecule has 0 unspecified atom stereocenters.